The molecular weight excluding hydrogens is 376 g/mol. The Bertz CT molecular complexity index is 989. The van der Waals surface area contributed by atoms with Crippen molar-refractivity contribution in [2.75, 3.05) is 0 Å². The van der Waals surface area contributed by atoms with Gasteiger partial charge in [-0.2, -0.15) is 8.42 Å². The quantitative estimate of drug-likeness (QED) is 0.436. The van der Waals surface area contributed by atoms with Gasteiger partial charge in [-0.1, -0.05) is 17.7 Å². The van der Waals surface area contributed by atoms with E-state index in [2.05, 4.69) is 0 Å². The second-order valence-corrected chi connectivity index (χ2v) is 7.03. The number of nitrogens with zero attached hydrogens (tertiary/aromatic N) is 2. The fraction of sp³-hybridized carbons (Fsp3) is 0.143. The van der Waals surface area contributed by atoms with E-state index in [1.165, 1.54) is 13.0 Å². The molecule has 0 unspecified atom stereocenters. The van der Waals surface area contributed by atoms with Gasteiger partial charge >= 0.3 is 15.8 Å². The number of halogens is 1. The van der Waals surface area contributed by atoms with Crippen LogP contribution < -0.4 is 4.18 Å². The highest BCUT2D eigenvalue weighted by Gasteiger charge is 2.27. The summed E-state index contributed by atoms with van der Waals surface area (Å²) >= 11 is 5.84. The first kappa shape index (κ1) is 18.6. The minimum absolute atomic E-state index is 0.0898. The Morgan fingerprint density at radius 1 is 1.00 bits per heavy atom. The highest BCUT2D eigenvalue weighted by molar-refractivity contribution is 7.87. The molecule has 0 bridgehead atoms. The Morgan fingerprint density at radius 2 is 1.60 bits per heavy atom. The summed E-state index contributed by atoms with van der Waals surface area (Å²) in [7, 11) is -4.57. The Morgan fingerprint density at radius 3 is 2.16 bits per heavy atom. The Hall–Kier alpha value is -2.72. The van der Waals surface area contributed by atoms with E-state index >= 15 is 0 Å². The van der Waals surface area contributed by atoms with E-state index < -0.39 is 42.0 Å². The molecule has 0 aromatic heterocycles. The Kier molecular flexibility index (Phi) is 4.95. The van der Waals surface area contributed by atoms with Gasteiger partial charge < -0.3 is 4.18 Å². The minimum Gasteiger partial charge on any atom is -0.372 e. The number of nitro benzene ring substituents is 2. The summed E-state index contributed by atoms with van der Waals surface area (Å²) in [6.07, 6.45) is 0. The van der Waals surface area contributed by atoms with Gasteiger partial charge in [-0.3, -0.25) is 20.2 Å². The van der Waals surface area contributed by atoms with Crippen molar-refractivity contribution in [3.8, 4) is 5.75 Å². The fourth-order valence-electron chi connectivity index (χ4n) is 1.98. The third kappa shape index (κ3) is 3.86. The molecule has 0 heterocycles. The van der Waals surface area contributed by atoms with Gasteiger partial charge in [-0.15, -0.1) is 0 Å². The first-order valence-electron chi connectivity index (χ1n) is 6.67. The Balaban J connectivity index is 2.55. The van der Waals surface area contributed by atoms with Crippen molar-refractivity contribution >= 4 is 33.1 Å². The van der Waals surface area contributed by atoms with Gasteiger partial charge in [0.25, 0.3) is 5.69 Å². The van der Waals surface area contributed by atoms with Crippen molar-refractivity contribution in [1.82, 2.24) is 0 Å². The Labute approximate surface area is 147 Å². The van der Waals surface area contributed by atoms with E-state index in [0.717, 1.165) is 24.3 Å². The highest BCUT2D eigenvalue weighted by Crippen LogP contribution is 2.33. The van der Waals surface area contributed by atoms with Crippen molar-refractivity contribution in [3.63, 3.8) is 0 Å². The van der Waals surface area contributed by atoms with Gasteiger partial charge in [0.2, 0.25) is 5.75 Å². The van der Waals surface area contributed by atoms with Crippen LogP contribution in [0.5, 0.6) is 5.75 Å². The van der Waals surface area contributed by atoms with Crippen LogP contribution in [0, 0.1) is 34.1 Å². The molecule has 2 aromatic rings. The maximum absolute atomic E-state index is 12.4. The lowest BCUT2D eigenvalue weighted by Crippen LogP contribution is -2.12. The van der Waals surface area contributed by atoms with Crippen molar-refractivity contribution in [1.29, 1.82) is 0 Å². The molecule has 0 radical (unpaired) electrons. The second-order valence-electron chi connectivity index (χ2n) is 5.07. The molecule has 0 aliphatic carbocycles. The number of aryl methyl sites for hydroxylation is 1. The van der Waals surface area contributed by atoms with E-state index in [9.17, 15) is 28.6 Å². The standard InChI is InChI=1S/C14H11ClN2O7S/c1-8-3-4-14(13(5-8)17(20)21)24-25(22,23)10-6-11(15)9(2)12(7-10)16(18)19/h3-7H,1-2H3. The summed E-state index contributed by atoms with van der Waals surface area (Å²) in [4.78, 5) is 19.9. The zero-order valence-electron chi connectivity index (χ0n) is 12.9. The lowest BCUT2D eigenvalue weighted by molar-refractivity contribution is -0.385. The van der Waals surface area contributed by atoms with Crippen LogP contribution in [0.15, 0.2) is 35.2 Å². The first-order chi connectivity index (χ1) is 11.5. The molecule has 2 rings (SSSR count). The molecule has 0 spiro atoms. The average molecular weight is 387 g/mol. The number of hydrogen-bond donors (Lipinski definition) is 0. The van der Waals surface area contributed by atoms with Crippen LogP contribution in [-0.4, -0.2) is 18.3 Å². The van der Waals surface area contributed by atoms with E-state index in [1.54, 1.807) is 6.92 Å². The van der Waals surface area contributed by atoms with Gasteiger partial charge in [0.1, 0.15) is 4.90 Å². The maximum atomic E-state index is 12.4. The maximum Gasteiger partial charge on any atom is 0.339 e. The molecule has 0 saturated carbocycles. The predicted octanol–water partition coefficient (Wildman–Crippen LogP) is 3.54. The molecule has 11 heteroatoms. The summed E-state index contributed by atoms with van der Waals surface area (Å²) in [6.45, 7) is 2.96. The van der Waals surface area contributed by atoms with E-state index in [0.29, 0.717) is 5.56 Å². The molecule has 25 heavy (non-hydrogen) atoms. The lowest BCUT2D eigenvalue weighted by atomic mass is 10.2. The van der Waals surface area contributed by atoms with Gasteiger partial charge in [-0.25, -0.2) is 0 Å². The molecular formula is C14H11ClN2O7S. The number of nitro groups is 2. The van der Waals surface area contributed by atoms with Crippen LogP contribution in [0.25, 0.3) is 0 Å². The zero-order chi connectivity index (χ0) is 18.9. The van der Waals surface area contributed by atoms with Crippen molar-refractivity contribution in [2.24, 2.45) is 0 Å². The van der Waals surface area contributed by atoms with Crippen molar-refractivity contribution < 1.29 is 22.4 Å². The SMILES string of the molecule is Cc1ccc(OS(=O)(=O)c2cc(Cl)c(C)c([N+](=O)[O-])c2)c([N+](=O)[O-])c1. The van der Waals surface area contributed by atoms with Crippen molar-refractivity contribution in [3.05, 3.63) is 66.7 Å². The highest BCUT2D eigenvalue weighted by atomic mass is 35.5. The number of hydrogen-bond acceptors (Lipinski definition) is 7. The molecule has 0 fully saturated rings. The molecule has 0 atom stereocenters. The monoisotopic (exact) mass is 386 g/mol. The summed E-state index contributed by atoms with van der Waals surface area (Å²) in [6, 6.07) is 5.49. The summed E-state index contributed by atoms with van der Waals surface area (Å²) in [5.74, 6) is -0.505. The molecule has 0 amide bonds. The van der Waals surface area contributed by atoms with E-state index in [-0.39, 0.29) is 10.6 Å². The van der Waals surface area contributed by atoms with Gasteiger partial charge in [0.05, 0.1) is 14.9 Å². The van der Waals surface area contributed by atoms with Gasteiger partial charge in [-0.05, 0) is 31.5 Å². The summed E-state index contributed by atoms with van der Waals surface area (Å²) < 4.78 is 29.6. The molecule has 2 aromatic carbocycles. The van der Waals surface area contributed by atoms with Crippen molar-refractivity contribution in [2.45, 2.75) is 18.7 Å². The van der Waals surface area contributed by atoms with Gasteiger partial charge in [0, 0.05) is 17.7 Å². The topological polar surface area (TPSA) is 130 Å². The first-order valence-corrected chi connectivity index (χ1v) is 8.45. The van der Waals surface area contributed by atoms with E-state index in [4.69, 9.17) is 15.8 Å². The van der Waals surface area contributed by atoms with Crippen LogP contribution in [0.3, 0.4) is 0 Å². The molecule has 0 saturated heterocycles. The minimum atomic E-state index is -4.57. The van der Waals surface area contributed by atoms with Crippen LogP contribution in [0.2, 0.25) is 5.02 Å². The van der Waals surface area contributed by atoms with Crippen LogP contribution in [-0.2, 0) is 10.1 Å². The smallest absolute Gasteiger partial charge is 0.339 e. The number of rotatable bonds is 5. The summed E-state index contributed by atoms with van der Waals surface area (Å²) in [5, 5.41) is 21.9. The molecule has 0 aliphatic heterocycles. The summed E-state index contributed by atoms with van der Waals surface area (Å²) in [5.41, 5.74) is -0.429. The van der Waals surface area contributed by atoms with Gasteiger partial charge in [0.15, 0.2) is 0 Å². The third-order valence-electron chi connectivity index (χ3n) is 3.29. The normalized spacial score (nSPS) is 11.2. The fourth-order valence-corrected chi connectivity index (χ4v) is 3.25. The van der Waals surface area contributed by atoms with Crippen LogP contribution in [0.4, 0.5) is 11.4 Å². The molecule has 0 N–H and O–H groups in total. The predicted molar refractivity (Wildman–Crippen MR) is 88.5 cm³/mol. The molecule has 132 valence electrons. The largest absolute Gasteiger partial charge is 0.372 e. The lowest BCUT2D eigenvalue weighted by Gasteiger charge is -2.09. The second kappa shape index (κ2) is 6.65. The van der Waals surface area contributed by atoms with E-state index in [1.807, 2.05) is 0 Å². The number of benzene rings is 2. The zero-order valence-corrected chi connectivity index (χ0v) is 14.5. The molecule has 0 aliphatic rings. The van der Waals surface area contributed by atoms with Crippen LogP contribution in [0.1, 0.15) is 11.1 Å². The average Bonchev–Trinajstić information content (AvgIpc) is 2.50. The molecule has 9 nitrogen and oxygen atoms in total. The third-order valence-corrected chi connectivity index (χ3v) is 4.89. The van der Waals surface area contributed by atoms with Crippen LogP contribution >= 0.6 is 11.6 Å².